The summed E-state index contributed by atoms with van der Waals surface area (Å²) >= 11 is 0. The maximum Gasteiger partial charge on any atom is 0.279 e. The van der Waals surface area contributed by atoms with Crippen LogP contribution in [0.2, 0.25) is 0 Å². The molecule has 0 atom stereocenters. The Morgan fingerprint density at radius 1 is 0.867 bits per heavy atom. The zero-order valence-electron chi connectivity index (χ0n) is 17.3. The first kappa shape index (κ1) is 21.9. The van der Waals surface area contributed by atoms with Crippen molar-refractivity contribution in [3.05, 3.63) is 59.2 Å². The summed E-state index contributed by atoms with van der Waals surface area (Å²) in [5.41, 5.74) is 2.93. The highest BCUT2D eigenvalue weighted by atomic mass is 19.1. The molecule has 1 aliphatic rings. The van der Waals surface area contributed by atoms with Crippen molar-refractivity contribution in [2.75, 3.05) is 49.9 Å². The fraction of sp³-hybridized carbons (Fsp3) is 0.364. The molecule has 4 N–H and O–H groups in total. The third kappa shape index (κ3) is 5.84. The molecule has 0 spiro atoms. The molecule has 1 heterocycles. The third-order valence-electron chi connectivity index (χ3n) is 5.44. The van der Waals surface area contributed by atoms with Crippen molar-refractivity contribution in [1.82, 2.24) is 0 Å². The van der Waals surface area contributed by atoms with Crippen LogP contribution >= 0.6 is 0 Å². The van der Waals surface area contributed by atoms with Gasteiger partial charge in [0.1, 0.15) is 37.8 Å². The quantitative estimate of drug-likeness (QED) is 0.531. The number of nitrogens with one attached hydrogen (secondary N) is 4. The van der Waals surface area contributed by atoms with Crippen molar-refractivity contribution in [1.29, 1.82) is 0 Å². The van der Waals surface area contributed by atoms with Crippen LogP contribution in [-0.4, -0.2) is 51.1 Å². The zero-order valence-corrected chi connectivity index (χ0v) is 17.3. The lowest BCUT2D eigenvalue weighted by atomic mass is 10.1. The Hall–Kier alpha value is -2.84. The number of halogens is 2. The van der Waals surface area contributed by atoms with E-state index < -0.39 is 11.6 Å². The van der Waals surface area contributed by atoms with Crippen LogP contribution in [0.3, 0.4) is 0 Å². The van der Waals surface area contributed by atoms with Crippen LogP contribution in [0.1, 0.15) is 11.1 Å². The van der Waals surface area contributed by atoms with Crippen molar-refractivity contribution in [2.24, 2.45) is 0 Å². The zero-order chi connectivity index (χ0) is 21.7. The maximum absolute atomic E-state index is 13.7. The van der Waals surface area contributed by atoms with E-state index in [0.717, 1.165) is 60.0 Å². The van der Waals surface area contributed by atoms with Gasteiger partial charge in [0, 0.05) is 11.8 Å². The minimum absolute atomic E-state index is 0.0182. The van der Waals surface area contributed by atoms with Gasteiger partial charge in [-0.15, -0.1) is 0 Å². The van der Waals surface area contributed by atoms with Gasteiger partial charge in [-0.2, -0.15) is 0 Å². The van der Waals surface area contributed by atoms with Crippen molar-refractivity contribution in [2.45, 2.75) is 13.8 Å². The number of hydrogen-bond donors (Lipinski definition) is 4. The van der Waals surface area contributed by atoms with Crippen LogP contribution in [-0.2, 0) is 9.59 Å². The number of benzene rings is 2. The normalized spacial score (nSPS) is 18.7. The van der Waals surface area contributed by atoms with Gasteiger partial charge in [0.25, 0.3) is 11.8 Å². The summed E-state index contributed by atoms with van der Waals surface area (Å²) in [6.07, 6.45) is 0. The van der Waals surface area contributed by atoms with E-state index in [-0.39, 0.29) is 24.0 Å². The van der Waals surface area contributed by atoms with Gasteiger partial charge < -0.3 is 20.4 Å². The average molecular weight is 418 g/mol. The van der Waals surface area contributed by atoms with E-state index in [1.54, 1.807) is 0 Å². The molecular weight excluding hydrogens is 390 g/mol. The topological polar surface area (TPSA) is 67.1 Å². The predicted molar refractivity (Wildman–Crippen MR) is 111 cm³/mol. The minimum Gasteiger partial charge on any atom is -0.321 e. The molecule has 0 radical (unpaired) electrons. The van der Waals surface area contributed by atoms with Crippen molar-refractivity contribution < 1.29 is 28.2 Å². The first-order valence-corrected chi connectivity index (χ1v) is 10.1. The highest BCUT2D eigenvalue weighted by Crippen LogP contribution is 2.19. The number of carbonyl (C=O) groups is 2. The average Bonchev–Trinajstić information content (AvgIpc) is 2.69. The fourth-order valence-electron chi connectivity index (χ4n) is 3.75. The Kier molecular flexibility index (Phi) is 7.12. The van der Waals surface area contributed by atoms with Crippen LogP contribution in [0.25, 0.3) is 0 Å². The second-order valence-corrected chi connectivity index (χ2v) is 7.84. The molecule has 2 aromatic rings. The Labute approximate surface area is 174 Å². The summed E-state index contributed by atoms with van der Waals surface area (Å²) in [7, 11) is 0. The van der Waals surface area contributed by atoms with E-state index in [1.165, 1.54) is 11.0 Å². The van der Waals surface area contributed by atoms with Crippen molar-refractivity contribution in [3.63, 3.8) is 0 Å². The van der Waals surface area contributed by atoms with E-state index in [2.05, 4.69) is 10.6 Å². The molecule has 8 heteroatoms. The number of quaternary nitrogens is 2. The molecule has 30 heavy (non-hydrogen) atoms. The standard InChI is InChI=1S/C22H26F2N4O2/c1-15-4-3-5-16(2)22(15)26-21(30)14-28-10-8-27(9-11-28)13-20(29)25-19-7-6-17(23)12-18(19)24/h3-7,12H,8-11,13-14H2,1-2H3,(H,25,29)(H,26,30)/p+2. The number of aryl methyl sites for hydroxylation is 2. The number of carbonyl (C=O) groups excluding carboxylic acids is 2. The van der Waals surface area contributed by atoms with Gasteiger partial charge in [-0.25, -0.2) is 8.78 Å². The third-order valence-corrected chi connectivity index (χ3v) is 5.44. The van der Waals surface area contributed by atoms with E-state index in [4.69, 9.17) is 0 Å². The Balaban J connectivity index is 1.43. The second-order valence-electron chi connectivity index (χ2n) is 7.84. The summed E-state index contributed by atoms with van der Waals surface area (Å²) in [6.45, 7) is 7.56. The number of amides is 2. The Morgan fingerprint density at radius 2 is 1.40 bits per heavy atom. The molecule has 1 saturated heterocycles. The molecule has 6 nitrogen and oxygen atoms in total. The summed E-state index contributed by atoms with van der Waals surface area (Å²) in [5, 5.41) is 5.51. The number of anilines is 2. The van der Waals surface area contributed by atoms with Gasteiger partial charge in [-0.05, 0) is 37.1 Å². The lowest BCUT2D eigenvalue weighted by molar-refractivity contribution is -1.00. The SMILES string of the molecule is Cc1cccc(C)c1NC(=O)C[NH+]1CC[NH+](CC(=O)Nc2ccc(F)cc2F)CC1. The van der Waals surface area contributed by atoms with Gasteiger partial charge in [-0.3, -0.25) is 9.59 Å². The molecule has 0 aliphatic carbocycles. The summed E-state index contributed by atoms with van der Waals surface area (Å²) < 4.78 is 26.6. The number of para-hydroxylation sites is 1. The monoisotopic (exact) mass is 418 g/mol. The van der Waals surface area contributed by atoms with E-state index in [0.29, 0.717) is 6.54 Å². The van der Waals surface area contributed by atoms with Gasteiger partial charge >= 0.3 is 0 Å². The molecule has 0 unspecified atom stereocenters. The van der Waals surface area contributed by atoms with Crippen molar-refractivity contribution in [3.8, 4) is 0 Å². The number of hydrogen-bond acceptors (Lipinski definition) is 2. The Morgan fingerprint density at radius 3 is 1.93 bits per heavy atom. The molecule has 2 aromatic carbocycles. The smallest absolute Gasteiger partial charge is 0.279 e. The second kappa shape index (κ2) is 9.77. The molecule has 1 aliphatic heterocycles. The van der Waals surface area contributed by atoms with E-state index in [9.17, 15) is 18.4 Å². The lowest BCUT2D eigenvalue weighted by Crippen LogP contribution is -3.28. The van der Waals surface area contributed by atoms with Gasteiger partial charge in [0.15, 0.2) is 13.1 Å². The predicted octanol–water partition coefficient (Wildman–Crippen LogP) is -0.0578. The molecule has 1 fully saturated rings. The molecule has 3 rings (SSSR count). The number of rotatable bonds is 6. The fourth-order valence-corrected chi connectivity index (χ4v) is 3.75. The first-order chi connectivity index (χ1) is 14.3. The van der Waals surface area contributed by atoms with Crippen LogP contribution < -0.4 is 20.4 Å². The highest BCUT2D eigenvalue weighted by molar-refractivity contribution is 5.93. The van der Waals surface area contributed by atoms with Crippen LogP contribution in [0.15, 0.2) is 36.4 Å². The largest absolute Gasteiger partial charge is 0.321 e. The molecule has 2 amide bonds. The summed E-state index contributed by atoms with van der Waals surface area (Å²) in [4.78, 5) is 26.9. The van der Waals surface area contributed by atoms with Crippen LogP contribution in [0, 0.1) is 25.5 Å². The lowest BCUT2D eigenvalue weighted by Gasteiger charge is -2.29. The molecule has 0 saturated carbocycles. The van der Waals surface area contributed by atoms with Gasteiger partial charge in [0.2, 0.25) is 0 Å². The van der Waals surface area contributed by atoms with Crippen molar-refractivity contribution >= 4 is 23.2 Å². The highest BCUT2D eigenvalue weighted by Gasteiger charge is 2.26. The molecule has 0 aromatic heterocycles. The number of piperazine rings is 1. The minimum atomic E-state index is -0.789. The van der Waals surface area contributed by atoms with E-state index in [1.807, 2.05) is 32.0 Å². The van der Waals surface area contributed by atoms with Crippen LogP contribution in [0.5, 0.6) is 0 Å². The summed E-state index contributed by atoms with van der Waals surface area (Å²) in [5.74, 6) is -1.80. The van der Waals surface area contributed by atoms with Gasteiger partial charge in [0.05, 0.1) is 5.69 Å². The molecule has 0 bridgehead atoms. The van der Waals surface area contributed by atoms with Crippen LogP contribution in [0.4, 0.5) is 20.2 Å². The molecular formula is C22H28F2N4O2+2. The Bertz CT molecular complexity index is 907. The molecule has 160 valence electrons. The first-order valence-electron chi connectivity index (χ1n) is 10.1. The summed E-state index contributed by atoms with van der Waals surface area (Å²) in [6, 6.07) is 8.98. The maximum atomic E-state index is 13.7. The van der Waals surface area contributed by atoms with E-state index >= 15 is 0 Å². The van der Waals surface area contributed by atoms with Gasteiger partial charge in [-0.1, -0.05) is 18.2 Å².